The maximum atomic E-state index is 12.0. The average Bonchev–Trinajstić information content (AvgIpc) is 2.26. The number of nitrogens with two attached hydrogens (primary N) is 1. The number of likely N-dealkylation sites (tertiary alicyclic amines) is 1. The van der Waals surface area contributed by atoms with E-state index in [4.69, 9.17) is 5.73 Å². The molecule has 0 aliphatic carbocycles. The van der Waals surface area contributed by atoms with Gasteiger partial charge in [0, 0.05) is 25.2 Å². The molecule has 0 spiro atoms. The lowest BCUT2D eigenvalue weighted by Gasteiger charge is -2.44. The lowest BCUT2D eigenvalue weighted by molar-refractivity contribution is 0.0887. The van der Waals surface area contributed by atoms with Gasteiger partial charge in [0.15, 0.2) is 9.84 Å². The Hall–Kier alpha value is -0.910. The number of fused-ring (bicyclic) bond motifs is 1. The molecule has 0 aromatic heterocycles. The smallest absolute Gasteiger partial charge is 0.178 e. The zero-order valence-electron chi connectivity index (χ0n) is 9.54. The fourth-order valence-corrected chi connectivity index (χ4v) is 4.36. The Morgan fingerprint density at radius 1 is 1.24 bits per heavy atom. The van der Waals surface area contributed by atoms with Gasteiger partial charge in [-0.3, -0.25) is 4.90 Å². The molecule has 0 amide bonds. The van der Waals surface area contributed by atoms with Gasteiger partial charge >= 0.3 is 0 Å². The molecule has 1 aromatic rings. The topological polar surface area (TPSA) is 63.4 Å². The highest BCUT2D eigenvalue weighted by atomic mass is 32.2. The lowest BCUT2D eigenvalue weighted by Crippen LogP contribution is -2.57. The first-order chi connectivity index (χ1) is 8.08. The van der Waals surface area contributed by atoms with Crippen molar-refractivity contribution in [2.75, 3.05) is 18.8 Å². The fraction of sp³-hybridized carbons (Fsp3) is 0.500. The molecule has 5 heteroatoms. The van der Waals surface area contributed by atoms with Gasteiger partial charge in [0.1, 0.15) is 0 Å². The summed E-state index contributed by atoms with van der Waals surface area (Å²) in [4.78, 5) is 2.79. The van der Waals surface area contributed by atoms with Gasteiger partial charge in [0.25, 0.3) is 0 Å². The minimum atomic E-state index is -3.06. The maximum absolute atomic E-state index is 12.0. The summed E-state index contributed by atoms with van der Waals surface area (Å²) in [5.41, 5.74) is 6.74. The fourth-order valence-electron chi connectivity index (χ4n) is 2.75. The molecule has 0 bridgehead atoms. The molecular formula is C12H16N2O2S. The molecule has 1 saturated heterocycles. The maximum Gasteiger partial charge on any atom is 0.178 e. The van der Waals surface area contributed by atoms with Crippen molar-refractivity contribution in [2.24, 2.45) is 5.73 Å². The number of nitrogens with zero attached hydrogens (tertiary/aromatic N) is 1. The highest BCUT2D eigenvalue weighted by molar-refractivity contribution is 7.91. The molecule has 0 radical (unpaired) electrons. The van der Waals surface area contributed by atoms with Gasteiger partial charge in [0.2, 0.25) is 0 Å². The van der Waals surface area contributed by atoms with E-state index >= 15 is 0 Å². The minimum absolute atomic E-state index is 0.231. The van der Waals surface area contributed by atoms with Crippen molar-refractivity contribution >= 4 is 9.84 Å². The van der Waals surface area contributed by atoms with Gasteiger partial charge in [-0.2, -0.15) is 0 Å². The largest absolute Gasteiger partial charge is 0.325 e. The van der Waals surface area contributed by atoms with E-state index in [0.29, 0.717) is 11.3 Å². The summed E-state index contributed by atoms with van der Waals surface area (Å²) >= 11 is 0. The Labute approximate surface area is 101 Å². The molecule has 2 N–H and O–H groups in total. The molecule has 92 valence electrons. The van der Waals surface area contributed by atoms with Gasteiger partial charge in [-0.1, -0.05) is 18.2 Å². The van der Waals surface area contributed by atoms with Crippen LogP contribution in [0.25, 0.3) is 0 Å². The Morgan fingerprint density at radius 2 is 1.94 bits per heavy atom. The monoisotopic (exact) mass is 252 g/mol. The van der Waals surface area contributed by atoms with E-state index in [1.165, 1.54) is 0 Å². The van der Waals surface area contributed by atoms with E-state index in [2.05, 4.69) is 4.90 Å². The van der Waals surface area contributed by atoms with Crippen LogP contribution in [0.5, 0.6) is 0 Å². The van der Waals surface area contributed by atoms with Crippen molar-refractivity contribution in [3.8, 4) is 0 Å². The second kappa shape index (κ2) is 3.80. The van der Waals surface area contributed by atoms with Gasteiger partial charge in [0.05, 0.1) is 10.6 Å². The zero-order valence-corrected chi connectivity index (χ0v) is 10.4. The summed E-state index contributed by atoms with van der Waals surface area (Å²) in [5, 5.41) is 0. The second-order valence-electron chi connectivity index (χ2n) is 4.88. The SMILES string of the molecule is NC1CN(C2CCS(=O)(=O)c3ccccc32)C1. The molecule has 3 rings (SSSR count). The van der Waals surface area contributed by atoms with E-state index in [9.17, 15) is 8.42 Å². The Bertz CT molecular complexity index is 535. The van der Waals surface area contributed by atoms with E-state index in [0.717, 1.165) is 18.7 Å². The van der Waals surface area contributed by atoms with Gasteiger partial charge in [-0.25, -0.2) is 8.42 Å². The Kier molecular flexibility index (Phi) is 2.50. The standard InChI is InChI=1S/C12H16N2O2S/c13-9-7-14(8-9)11-5-6-17(15,16)12-4-2-1-3-10(11)12/h1-4,9,11H,5-8,13H2. The van der Waals surface area contributed by atoms with Crippen molar-refractivity contribution < 1.29 is 8.42 Å². The molecule has 2 heterocycles. The predicted octanol–water partition coefficient (Wildman–Crippen LogP) is 0.548. The predicted molar refractivity (Wildman–Crippen MR) is 65.4 cm³/mol. The summed E-state index contributed by atoms with van der Waals surface area (Å²) in [6, 6.07) is 7.83. The van der Waals surface area contributed by atoms with Crippen LogP contribution < -0.4 is 5.73 Å². The van der Waals surface area contributed by atoms with Crippen LogP contribution in [0, 0.1) is 0 Å². The third-order valence-electron chi connectivity index (χ3n) is 3.65. The number of hydrogen-bond acceptors (Lipinski definition) is 4. The third kappa shape index (κ3) is 1.78. The number of rotatable bonds is 1. The summed E-state index contributed by atoms with van der Waals surface area (Å²) in [7, 11) is -3.06. The van der Waals surface area contributed by atoms with Crippen LogP contribution in [-0.2, 0) is 9.84 Å². The van der Waals surface area contributed by atoms with E-state index in [-0.39, 0.29) is 17.8 Å². The first kappa shape index (κ1) is 11.2. The van der Waals surface area contributed by atoms with Gasteiger partial charge < -0.3 is 5.73 Å². The molecule has 17 heavy (non-hydrogen) atoms. The Balaban J connectivity index is 2.00. The molecule has 2 aliphatic rings. The van der Waals surface area contributed by atoms with Crippen LogP contribution in [0.2, 0.25) is 0 Å². The first-order valence-electron chi connectivity index (χ1n) is 5.89. The normalized spacial score (nSPS) is 28.4. The lowest BCUT2D eigenvalue weighted by atomic mass is 9.97. The zero-order chi connectivity index (χ0) is 12.0. The molecule has 1 atom stereocenters. The van der Waals surface area contributed by atoms with Crippen LogP contribution >= 0.6 is 0 Å². The van der Waals surface area contributed by atoms with Crippen LogP contribution in [0.4, 0.5) is 0 Å². The van der Waals surface area contributed by atoms with Gasteiger partial charge in [-0.15, -0.1) is 0 Å². The quantitative estimate of drug-likeness (QED) is 0.792. The summed E-state index contributed by atoms with van der Waals surface area (Å²) < 4.78 is 23.9. The molecule has 1 fully saturated rings. The van der Waals surface area contributed by atoms with Crippen LogP contribution in [0.1, 0.15) is 18.0 Å². The molecular weight excluding hydrogens is 236 g/mol. The summed E-state index contributed by atoms with van der Waals surface area (Å²) in [6.45, 7) is 1.75. The summed E-state index contributed by atoms with van der Waals surface area (Å²) in [6.07, 6.45) is 0.687. The average molecular weight is 252 g/mol. The van der Waals surface area contributed by atoms with E-state index < -0.39 is 9.84 Å². The highest BCUT2D eigenvalue weighted by Gasteiger charge is 2.37. The van der Waals surface area contributed by atoms with E-state index in [1.54, 1.807) is 12.1 Å². The second-order valence-corrected chi connectivity index (χ2v) is 6.95. The number of sulfone groups is 1. The van der Waals surface area contributed by atoms with Crippen LogP contribution in [0.15, 0.2) is 29.2 Å². The van der Waals surface area contributed by atoms with Crippen molar-refractivity contribution in [2.45, 2.75) is 23.4 Å². The first-order valence-corrected chi connectivity index (χ1v) is 7.54. The highest BCUT2D eigenvalue weighted by Crippen LogP contribution is 2.37. The summed E-state index contributed by atoms with van der Waals surface area (Å²) in [5.74, 6) is 0.250. The number of benzene rings is 1. The van der Waals surface area contributed by atoms with Crippen molar-refractivity contribution in [1.29, 1.82) is 0 Å². The molecule has 2 aliphatic heterocycles. The van der Waals surface area contributed by atoms with Crippen molar-refractivity contribution in [3.05, 3.63) is 29.8 Å². The molecule has 1 aromatic carbocycles. The Morgan fingerprint density at radius 3 is 2.65 bits per heavy atom. The molecule has 0 saturated carbocycles. The van der Waals surface area contributed by atoms with E-state index in [1.807, 2.05) is 12.1 Å². The number of hydrogen-bond donors (Lipinski definition) is 1. The van der Waals surface area contributed by atoms with Crippen molar-refractivity contribution in [1.82, 2.24) is 4.90 Å². The third-order valence-corrected chi connectivity index (χ3v) is 5.47. The molecule has 4 nitrogen and oxygen atoms in total. The minimum Gasteiger partial charge on any atom is -0.325 e. The van der Waals surface area contributed by atoms with Crippen LogP contribution in [0.3, 0.4) is 0 Å². The van der Waals surface area contributed by atoms with Crippen LogP contribution in [-0.4, -0.2) is 38.2 Å². The van der Waals surface area contributed by atoms with Gasteiger partial charge in [-0.05, 0) is 18.1 Å². The van der Waals surface area contributed by atoms with Crippen molar-refractivity contribution in [3.63, 3.8) is 0 Å². The molecule has 1 unspecified atom stereocenters.